The average Bonchev–Trinajstić information content (AvgIpc) is 2.67. The number of anilines is 1. The lowest BCUT2D eigenvalue weighted by Crippen LogP contribution is -2.57. The van der Waals surface area contributed by atoms with Gasteiger partial charge in [-0.25, -0.2) is 4.98 Å². The summed E-state index contributed by atoms with van der Waals surface area (Å²) in [5.74, 6) is 2.74. The number of hydrogen-bond acceptors (Lipinski definition) is 4. The highest BCUT2D eigenvalue weighted by molar-refractivity contribution is 5.38. The minimum Gasteiger partial charge on any atom is -0.493 e. The highest BCUT2D eigenvalue weighted by atomic mass is 16.5. The van der Waals surface area contributed by atoms with Crippen LogP contribution in [0.3, 0.4) is 0 Å². The van der Waals surface area contributed by atoms with Crippen molar-refractivity contribution < 1.29 is 4.74 Å². The average molecular weight is 323 g/mol. The van der Waals surface area contributed by atoms with E-state index in [1.54, 1.807) is 0 Å². The maximum absolute atomic E-state index is 5.97. The first-order valence-electron chi connectivity index (χ1n) is 8.96. The Morgan fingerprint density at radius 1 is 0.958 bits per heavy atom. The Hall–Kier alpha value is -2.07. The molecule has 4 nitrogen and oxygen atoms in total. The quantitative estimate of drug-likeness (QED) is 0.865. The number of nitrogens with zero attached hydrogens (tertiary/aromatic N) is 3. The topological polar surface area (TPSA) is 28.6 Å². The standard InChI is InChI=1S/C20H25N3O/c1-2-6-19(7-3-1)24-16-17-9-10-18-15-23(13-12-22(18)14-17)20-8-4-5-11-21-20/h1-8,11,17-18H,9-10,12-16H2. The number of ether oxygens (including phenoxy) is 1. The number of benzene rings is 1. The van der Waals surface area contributed by atoms with Crippen molar-refractivity contribution in [3.05, 3.63) is 54.7 Å². The van der Waals surface area contributed by atoms with E-state index in [0.717, 1.165) is 44.4 Å². The molecule has 1 aromatic heterocycles. The van der Waals surface area contributed by atoms with Crippen LogP contribution in [0.25, 0.3) is 0 Å². The number of pyridine rings is 1. The molecule has 2 unspecified atom stereocenters. The third-order valence-corrected chi connectivity index (χ3v) is 5.21. The zero-order chi connectivity index (χ0) is 16.2. The van der Waals surface area contributed by atoms with Crippen molar-refractivity contribution in [2.24, 2.45) is 5.92 Å². The number of fused-ring (bicyclic) bond motifs is 1. The van der Waals surface area contributed by atoms with Gasteiger partial charge in [-0.1, -0.05) is 24.3 Å². The summed E-state index contributed by atoms with van der Waals surface area (Å²) in [6.45, 7) is 5.29. The largest absolute Gasteiger partial charge is 0.493 e. The normalized spacial score (nSPS) is 24.4. The minimum atomic E-state index is 0.642. The zero-order valence-corrected chi connectivity index (χ0v) is 14.1. The van der Waals surface area contributed by atoms with Crippen molar-refractivity contribution in [2.75, 3.05) is 37.7 Å². The Morgan fingerprint density at radius 2 is 1.83 bits per heavy atom. The first-order chi connectivity index (χ1) is 11.9. The summed E-state index contributed by atoms with van der Waals surface area (Å²) < 4.78 is 5.97. The van der Waals surface area contributed by atoms with Crippen LogP contribution in [0.2, 0.25) is 0 Å². The van der Waals surface area contributed by atoms with Gasteiger partial charge in [0.15, 0.2) is 0 Å². The summed E-state index contributed by atoms with van der Waals surface area (Å²) in [4.78, 5) is 9.59. The molecule has 0 amide bonds. The van der Waals surface area contributed by atoms with E-state index in [2.05, 4.69) is 26.9 Å². The molecule has 2 aliphatic rings. The highest BCUT2D eigenvalue weighted by Crippen LogP contribution is 2.27. The smallest absolute Gasteiger partial charge is 0.128 e. The molecule has 24 heavy (non-hydrogen) atoms. The molecule has 2 fully saturated rings. The molecule has 1 aromatic carbocycles. The van der Waals surface area contributed by atoms with Gasteiger partial charge < -0.3 is 9.64 Å². The van der Waals surface area contributed by atoms with Crippen molar-refractivity contribution in [1.29, 1.82) is 0 Å². The second-order valence-corrected chi connectivity index (χ2v) is 6.85. The molecule has 126 valence electrons. The lowest BCUT2D eigenvalue weighted by atomic mass is 9.91. The lowest BCUT2D eigenvalue weighted by Gasteiger charge is -2.46. The Morgan fingerprint density at radius 3 is 2.67 bits per heavy atom. The fourth-order valence-electron chi connectivity index (χ4n) is 3.87. The third-order valence-electron chi connectivity index (χ3n) is 5.21. The van der Waals surface area contributed by atoms with Crippen molar-refractivity contribution in [2.45, 2.75) is 18.9 Å². The van der Waals surface area contributed by atoms with Gasteiger partial charge in [-0.3, -0.25) is 4.90 Å². The van der Waals surface area contributed by atoms with Crippen molar-refractivity contribution >= 4 is 5.82 Å². The van der Waals surface area contributed by atoms with Crippen LogP contribution >= 0.6 is 0 Å². The SMILES string of the molecule is c1ccc(OCC2CCC3CN(c4ccccn4)CCN3C2)cc1. The number of hydrogen-bond donors (Lipinski definition) is 0. The van der Waals surface area contributed by atoms with Gasteiger partial charge in [0.1, 0.15) is 11.6 Å². The molecule has 2 aromatic rings. The number of para-hydroxylation sites is 1. The maximum Gasteiger partial charge on any atom is 0.128 e. The van der Waals surface area contributed by atoms with E-state index in [0.29, 0.717) is 12.0 Å². The van der Waals surface area contributed by atoms with E-state index in [9.17, 15) is 0 Å². The van der Waals surface area contributed by atoms with Crippen LogP contribution in [0, 0.1) is 5.92 Å². The van der Waals surface area contributed by atoms with E-state index < -0.39 is 0 Å². The number of piperidine rings is 1. The molecule has 0 bridgehead atoms. The fraction of sp³-hybridized carbons (Fsp3) is 0.450. The Balaban J connectivity index is 1.30. The van der Waals surface area contributed by atoms with Gasteiger partial charge in [-0.2, -0.15) is 0 Å². The molecular formula is C20H25N3O. The molecule has 3 heterocycles. The molecule has 4 heteroatoms. The van der Waals surface area contributed by atoms with Crippen LogP contribution in [0.5, 0.6) is 5.75 Å². The molecule has 0 saturated carbocycles. The highest BCUT2D eigenvalue weighted by Gasteiger charge is 2.33. The van der Waals surface area contributed by atoms with Crippen LogP contribution in [0.15, 0.2) is 54.7 Å². The monoisotopic (exact) mass is 323 g/mol. The van der Waals surface area contributed by atoms with E-state index >= 15 is 0 Å². The van der Waals surface area contributed by atoms with E-state index in [4.69, 9.17) is 4.74 Å². The van der Waals surface area contributed by atoms with Gasteiger partial charge in [0, 0.05) is 44.3 Å². The molecule has 2 atom stereocenters. The predicted octanol–water partition coefficient (Wildman–Crippen LogP) is 3.06. The fourth-order valence-corrected chi connectivity index (χ4v) is 3.87. The van der Waals surface area contributed by atoms with Gasteiger partial charge in [-0.15, -0.1) is 0 Å². The van der Waals surface area contributed by atoms with Crippen LogP contribution in [-0.4, -0.2) is 48.7 Å². The molecule has 0 spiro atoms. The van der Waals surface area contributed by atoms with Gasteiger partial charge >= 0.3 is 0 Å². The summed E-state index contributed by atoms with van der Waals surface area (Å²) >= 11 is 0. The summed E-state index contributed by atoms with van der Waals surface area (Å²) in [5, 5.41) is 0. The van der Waals surface area contributed by atoms with Crippen molar-refractivity contribution in [3.8, 4) is 5.75 Å². The summed E-state index contributed by atoms with van der Waals surface area (Å²) in [6, 6.07) is 17.0. The number of aromatic nitrogens is 1. The zero-order valence-electron chi connectivity index (χ0n) is 14.1. The number of piperazine rings is 1. The first-order valence-corrected chi connectivity index (χ1v) is 8.96. The second kappa shape index (κ2) is 7.22. The van der Waals surface area contributed by atoms with Crippen LogP contribution in [0.1, 0.15) is 12.8 Å². The number of rotatable bonds is 4. The van der Waals surface area contributed by atoms with Crippen LogP contribution < -0.4 is 9.64 Å². The Bertz CT molecular complexity index is 634. The van der Waals surface area contributed by atoms with E-state index in [1.165, 1.54) is 12.8 Å². The molecular weight excluding hydrogens is 298 g/mol. The maximum atomic E-state index is 5.97. The predicted molar refractivity (Wildman–Crippen MR) is 96.5 cm³/mol. The van der Waals surface area contributed by atoms with Gasteiger partial charge in [0.25, 0.3) is 0 Å². The van der Waals surface area contributed by atoms with Crippen molar-refractivity contribution in [3.63, 3.8) is 0 Å². The lowest BCUT2D eigenvalue weighted by molar-refractivity contribution is 0.0728. The molecule has 0 aliphatic carbocycles. The van der Waals surface area contributed by atoms with Crippen LogP contribution in [0.4, 0.5) is 5.82 Å². The first kappa shape index (κ1) is 15.5. The summed E-state index contributed by atoms with van der Waals surface area (Å²) in [5.41, 5.74) is 0. The molecule has 4 rings (SSSR count). The van der Waals surface area contributed by atoms with Gasteiger partial charge in [0.2, 0.25) is 0 Å². The molecule has 2 aliphatic heterocycles. The second-order valence-electron chi connectivity index (χ2n) is 6.85. The molecule has 0 radical (unpaired) electrons. The summed E-state index contributed by atoms with van der Waals surface area (Å²) in [7, 11) is 0. The summed E-state index contributed by atoms with van der Waals surface area (Å²) in [6.07, 6.45) is 4.40. The minimum absolute atomic E-state index is 0.642. The van der Waals surface area contributed by atoms with Gasteiger partial charge in [0.05, 0.1) is 6.61 Å². The van der Waals surface area contributed by atoms with Gasteiger partial charge in [-0.05, 0) is 37.1 Å². The third kappa shape index (κ3) is 3.54. The molecule has 2 saturated heterocycles. The Labute approximate surface area is 144 Å². The van der Waals surface area contributed by atoms with Crippen molar-refractivity contribution in [1.82, 2.24) is 9.88 Å². The van der Waals surface area contributed by atoms with E-state index in [-0.39, 0.29) is 0 Å². The Kier molecular flexibility index (Phi) is 4.65. The van der Waals surface area contributed by atoms with Crippen LogP contribution in [-0.2, 0) is 0 Å². The molecule has 0 N–H and O–H groups in total. The van der Waals surface area contributed by atoms with E-state index in [1.807, 2.05) is 42.6 Å².